The van der Waals surface area contributed by atoms with Crippen LogP contribution in [-0.2, 0) is 0 Å². The minimum atomic E-state index is -0.411. The van der Waals surface area contributed by atoms with E-state index >= 15 is 0 Å². The van der Waals surface area contributed by atoms with E-state index in [1.807, 2.05) is 6.92 Å². The van der Waals surface area contributed by atoms with E-state index in [0.29, 0.717) is 5.92 Å². The van der Waals surface area contributed by atoms with Gasteiger partial charge in [0.1, 0.15) is 5.82 Å². The Morgan fingerprint density at radius 2 is 2.05 bits per heavy atom. The average molecular weight is 277 g/mol. The second-order valence-electron chi connectivity index (χ2n) is 6.30. The van der Waals surface area contributed by atoms with Crippen LogP contribution >= 0.6 is 0 Å². The van der Waals surface area contributed by atoms with Gasteiger partial charge in [0, 0.05) is 19.0 Å². The number of rotatable bonds is 5. The molecule has 0 amide bonds. The second-order valence-corrected chi connectivity index (χ2v) is 6.30. The van der Waals surface area contributed by atoms with Crippen LogP contribution in [0.1, 0.15) is 37.6 Å². The number of hydrogen-bond donors (Lipinski definition) is 0. The van der Waals surface area contributed by atoms with Crippen LogP contribution in [0.5, 0.6) is 0 Å². The molecule has 1 aromatic rings. The molecule has 0 aromatic heterocycles. The molecule has 1 saturated heterocycles. The standard InChI is InChI=1S/C17H24FNO/c1-12(2)14-8-9-19(11-14)10-13(3)17(20)15-6-4-5-7-16(15)18/h4-7,12-14H,8-11H2,1-3H3. The topological polar surface area (TPSA) is 20.3 Å². The van der Waals surface area contributed by atoms with Gasteiger partial charge >= 0.3 is 0 Å². The Morgan fingerprint density at radius 1 is 1.35 bits per heavy atom. The first-order valence-electron chi connectivity index (χ1n) is 7.50. The number of carbonyl (C=O) groups excluding carboxylic acids is 1. The summed E-state index contributed by atoms with van der Waals surface area (Å²) >= 11 is 0. The highest BCUT2D eigenvalue weighted by Crippen LogP contribution is 2.25. The Hall–Kier alpha value is -1.22. The molecular formula is C17H24FNO. The van der Waals surface area contributed by atoms with Crippen LogP contribution in [0.15, 0.2) is 24.3 Å². The van der Waals surface area contributed by atoms with Crippen LogP contribution in [-0.4, -0.2) is 30.3 Å². The number of likely N-dealkylation sites (tertiary alicyclic amines) is 1. The average Bonchev–Trinajstić information content (AvgIpc) is 2.87. The van der Waals surface area contributed by atoms with Crippen molar-refractivity contribution in [2.75, 3.05) is 19.6 Å². The maximum Gasteiger partial charge on any atom is 0.169 e. The molecule has 2 rings (SSSR count). The summed E-state index contributed by atoms with van der Waals surface area (Å²) < 4.78 is 13.6. The fraction of sp³-hybridized carbons (Fsp3) is 0.588. The molecule has 1 heterocycles. The van der Waals surface area contributed by atoms with Crippen molar-refractivity contribution in [3.63, 3.8) is 0 Å². The molecule has 2 unspecified atom stereocenters. The molecule has 0 aliphatic carbocycles. The molecule has 0 N–H and O–H groups in total. The number of nitrogens with zero attached hydrogens (tertiary/aromatic N) is 1. The van der Waals surface area contributed by atoms with E-state index < -0.39 is 5.82 Å². The Bertz CT molecular complexity index is 472. The van der Waals surface area contributed by atoms with Gasteiger partial charge in [-0.25, -0.2) is 4.39 Å². The van der Waals surface area contributed by atoms with Gasteiger partial charge in [-0.05, 0) is 36.9 Å². The van der Waals surface area contributed by atoms with Gasteiger partial charge in [0.2, 0.25) is 0 Å². The maximum absolute atomic E-state index is 13.6. The summed E-state index contributed by atoms with van der Waals surface area (Å²) in [7, 11) is 0. The largest absolute Gasteiger partial charge is 0.302 e. The van der Waals surface area contributed by atoms with Crippen LogP contribution < -0.4 is 0 Å². The lowest BCUT2D eigenvalue weighted by Gasteiger charge is -2.21. The van der Waals surface area contributed by atoms with Gasteiger partial charge in [0.15, 0.2) is 5.78 Å². The summed E-state index contributed by atoms with van der Waals surface area (Å²) in [4.78, 5) is 14.6. The van der Waals surface area contributed by atoms with E-state index in [-0.39, 0.29) is 17.3 Å². The number of halogens is 1. The smallest absolute Gasteiger partial charge is 0.169 e. The van der Waals surface area contributed by atoms with Gasteiger partial charge in [-0.3, -0.25) is 4.79 Å². The quantitative estimate of drug-likeness (QED) is 0.766. The van der Waals surface area contributed by atoms with Gasteiger partial charge in [-0.15, -0.1) is 0 Å². The van der Waals surface area contributed by atoms with Crippen LogP contribution in [0, 0.1) is 23.6 Å². The van der Waals surface area contributed by atoms with Crippen LogP contribution in [0.25, 0.3) is 0 Å². The summed E-state index contributed by atoms with van der Waals surface area (Å²) in [6.07, 6.45) is 1.21. The Balaban J connectivity index is 1.94. The van der Waals surface area contributed by atoms with Gasteiger partial charge in [-0.1, -0.05) is 32.9 Å². The van der Waals surface area contributed by atoms with E-state index in [4.69, 9.17) is 0 Å². The van der Waals surface area contributed by atoms with Crippen molar-refractivity contribution in [1.82, 2.24) is 4.90 Å². The van der Waals surface area contributed by atoms with Crippen molar-refractivity contribution in [2.24, 2.45) is 17.8 Å². The van der Waals surface area contributed by atoms with E-state index in [9.17, 15) is 9.18 Å². The summed E-state index contributed by atoms with van der Waals surface area (Å²) in [6, 6.07) is 6.26. The Labute approximate surface area is 121 Å². The van der Waals surface area contributed by atoms with Gasteiger partial charge in [0.25, 0.3) is 0 Å². The van der Waals surface area contributed by atoms with Crippen LogP contribution in [0.4, 0.5) is 4.39 Å². The zero-order valence-electron chi connectivity index (χ0n) is 12.6. The first-order valence-corrected chi connectivity index (χ1v) is 7.50. The zero-order chi connectivity index (χ0) is 14.7. The number of hydrogen-bond acceptors (Lipinski definition) is 2. The van der Waals surface area contributed by atoms with E-state index in [2.05, 4.69) is 18.7 Å². The number of carbonyl (C=O) groups is 1. The van der Waals surface area contributed by atoms with E-state index in [1.54, 1.807) is 18.2 Å². The highest BCUT2D eigenvalue weighted by Gasteiger charge is 2.28. The Kier molecular flexibility index (Phi) is 4.92. The lowest BCUT2D eigenvalue weighted by Crippen LogP contribution is -2.31. The normalized spacial score (nSPS) is 21.4. The number of Topliss-reactive ketones (excluding diaryl/α,β-unsaturated/α-hetero) is 1. The van der Waals surface area contributed by atoms with E-state index in [1.165, 1.54) is 12.5 Å². The lowest BCUT2D eigenvalue weighted by atomic mass is 9.95. The third-order valence-electron chi connectivity index (χ3n) is 4.37. The predicted molar refractivity (Wildman–Crippen MR) is 79.3 cm³/mol. The van der Waals surface area contributed by atoms with Crippen LogP contribution in [0.3, 0.4) is 0 Å². The van der Waals surface area contributed by atoms with Crippen LogP contribution in [0.2, 0.25) is 0 Å². The van der Waals surface area contributed by atoms with Crippen molar-refractivity contribution >= 4 is 5.78 Å². The van der Waals surface area contributed by atoms with Gasteiger partial charge < -0.3 is 4.90 Å². The zero-order valence-corrected chi connectivity index (χ0v) is 12.6. The minimum Gasteiger partial charge on any atom is -0.302 e. The SMILES string of the molecule is CC(CN1CCC(C(C)C)C1)C(=O)c1ccccc1F. The molecule has 2 atom stereocenters. The molecular weight excluding hydrogens is 253 g/mol. The molecule has 1 aliphatic rings. The summed E-state index contributed by atoms with van der Waals surface area (Å²) in [5.74, 6) is 0.767. The lowest BCUT2D eigenvalue weighted by molar-refractivity contribution is 0.0896. The Morgan fingerprint density at radius 3 is 2.65 bits per heavy atom. The molecule has 1 aromatic carbocycles. The molecule has 0 bridgehead atoms. The van der Waals surface area contributed by atoms with E-state index in [0.717, 1.165) is 25.6 Å². The molecule has 1 fully saturated rings. The van der Waals surface area contributed by atoms with Crippen molar-refractivity contribution in [3.05, 3.63) is 35.6 Å². The first kappa shape index (κ1) is 15.2. The van der Waals surface area contributed by atoms with Gasteiger partial charge in [0.05, 0.1) is 5.56 Å². The molecule has 110 valence electrons. The molecule has 20 heavy (non-hydrogen) atoms. The number of ketones is 1. The monoisotopic (exact) mass is 277 g/mol. The molecule has 0 radical (unpaired) electrons. The molecule has 0 saturated carbocycles. The molecule has 3 heteroatoms. The van der Waals surface area contributed by atoms with Crippen molar-refractivity contribution < 1.29 is 9.18 Å². The minimum absolute atomic E-state index is 0.0869. The third kappa shape index (κ3) is 3.45. The third-order valence-corrected chi connectivity index (χ3v) is 4.37. The summed E-state index contributed by atoms with van der Waals surface area (Å²) in [5, 5.41) is 0. The second kappa shape index (κ2) is 6.49. The highest BCUT2D eigenvalue weighted by molar-refractivity contribution is 5.98. The fourth-order valence-corrected chi connectivity index (χ4v) is 2.97. The fourth-order valence-electron chi connectivity index (χ4n) is 2.97. The van der Waals surface area contributed by atoms with Crippen molar-refractivity contribution in [2.45, 2.75) is 27.2 Å². The summed E-state index contributed by atoms with van der Waals surface area (Å²) in [5.41, 5.74) is 0.222. The highest BCUT2D eigenvalue weighted by atomic mass is 19.1. The molecule has 1 aliphatic heterocycles. The first-order chi connectivity index (χ1) is 9.49. The molecule has 2 nitrogen and oxygen atoms in total. The predicted octanol–water partition coefficient (Wildman–Crippen LogP) is 3.62. The maximum atomic E-state index is 13.6. The number of benzene rings is 1. The molecule has 0 spiro atoms. The van der Waals surface area contributed by atoms with Gasteiger partial charge in [-0.2, -0.15) is 0 Å². The van der Waals surface area contributed by atoms with Crippen molar-refractivity contribution in [1.29, 1.82) is 0 Å². The van der Waals surface area contributed by atoms with Crippen molar-refractivity contribution in [3.8, 4) is 0 Å². The summed E-state index contributed by atoms with van der Waals surface area (Å²) in [6.45, 7) is 9.25.